The van der Waals surface area contributed by atoms with Gasteiger partial charge in [0.15, 0.2) is 0 Å². The fraction of sp³-hybridized carbons (Fsp3) is 0.556. The molecule has 1 aliphatic rings. The van der Waals surface area contributed by atoms with E-state index in [0.29, 0.717) is 6.04 Å². The summed E-state index contributed by atoms with van der Waals surface area (Å²) in [6, 6.07) is 0.351. The summed E-state index contributed by atoms with van der Waals surface area (Å²) in [5.41, 5.74) is 0.267. The van der Waals surface area contributed by atoms with E-state index in [0.717, 1.165) is 25.9 Å². The summed E-state index contributed by atoms with van der Waals surface area (Å²) in [5.74, 6) is -0.912. The first-order chi connectivity index (χ1) is 6.77. The van der Waals surface area contributed by atoms with Crippen LogP contribution >= 0.6 is 24.8 Å². The summed E-state index contributed by atoms with van der Waals surface area (Å²) in [5, 5.41) is 16.1. The maximum absolute atomic E-state index is 10.6. The number of nitrogens with one attached hydrogen (secondary N) is 1. The fourth-order valence-electron chi connectivity index (χ4n) is 1.72. The first-order valence-electron chi connectivity index (χ1n) is 4.75. The third kappa shape index (κ3) is 3.37. The van der Waals surface area contributed by atoms with Crippen molar-refractivity contribution >= 4 is 30.8 Å². The third-order valence-electron chi connectivity index (χ3n) is 2.53. The van der Waals surface area contributed by atoms with E-state index >= 15 is 0 Å². The maximum Gasteiger partial charge on any atom is 0.338 e. The molecule has 0 saturated carbocycles. The quantitative estimate of drug-likeness (QED) is 0.849. The lowest BCUT2D eigenvalue weighted by molar-refractivity contribution is 0.0696. The molecule has 2 N–H and O–H groups in total. The van der Waals surface area contributed by atoms with E-state index in [1.54, 1.807) is 10.9 Å². The zero-order valence-corrected chi connectivity index (χ0v) is 10.3. The SMILES string of the molecule is Cl.Cl.O=C(O)c1cnn(C2CCNCC2)c1. The standard InChI is InChI=1S/C9H13N3O2.2ClH/c13-9(14)7-5-11-12(6-7)8-1-3-10-4-2-8;;/h5-6,8,10H,1-4H2,(H,13,14);2*1H. The van der Waals surface area contributed by atoms with Gasteiger partial charge in [-0.25, -0.2) is 4.79 Å². The van der Waals surface area contributed by atoms with E-state index in [-0.39, 0.29) is 30.4 Å². The Morgan fingerprint density at radius 3 is 2.56 bits per heavy atom. The molecule has 0 aliphatic carbocycles. The maximum atomic E-state index is 10.6. The highest BCUT2D eigenvalue weighted by Crippen LogP contribution is 2.17. The number of carbonyl (C=O) groups is 1. The van der Waals surface area contributed by atoms with Gasteiger partial charge < -0.3 is 10.4 Å². The molecule has 1 saturated heterocycles. The number of halogens is 2. The molecule has 0 unspecified atom stereocenters. The van der Waals surface area contributed by atoms with Crippen LogP contribution in [-0.4, -0.2) is 33.9 Å². The number of piperidine rings is 1. The molecule has 2 heterocycles. The highest BCUT2D eigenvalue weighted by molar-refractivity contribution is 5.86. The van der Waals surface area contributed by atoms with Gasteiger partial charge in [0.2, 0.25) is 0 Å². The predicted octanol–water partition coefficient (Wildman–Crippen LogP) is 1.35. The van der Waals surface area contributed by atoms with Gasteiger partial charge in [0, 0.05) is 6.20 Å². The minimum absolute atomic E-state index is 0. The van der Waals surface area contributed by atoms with Crippen LogP contribution in [0.1, 0.15) is 29.2 Å². The smallest absolute Gasteiger partial charge is 0.338 e. The van der Waals surface area contributed by atoms with Crippen LogP contribution in [0.25, 0.3) is 0 Å². The largest absolute Gasteiger partial charge is 0.478 e. The summed E-state index contributed by atoms with van der Waals surface area (Å²) in [6.45, 7) is 1.96. The lowest BCUT2D eigenvalue weighted by Gasteiger charge is -2.22. The summed E-state index contributed by atoms with van der Waals surface area (Å²) >= 11 is 0. The Hall–Kier alpha value is -0.780. The van der Waals surface area contributed by atoms with Gasteiger partial charge in [-0.05, 0) is 25.9 Å². The molecule has 0 radical (unpaired) electrons. The van der Waals surface area contributed by atoms with E-state index < -0.39 is 5.97 Å². The van der Waals surface area contributed by atoms with E-state index in [1.807, 2.05) is 0 Å². The minimum atomic E-state index is -0.912. The summed E-state index contributed by atoms with van der Waals surface area (Å²) in [4.78, 5) is 10.6. The third-order valence-corrected chi connectivity index (χ3v) is 2.53. The molecule has 0 spiro atoms. The van der Waals surface area contributed by atoms with Gasteiger partial charge in [0.1, 0.15) is 0 Å². The topological polar surface area (TPSA) is 67.1 Å². The second-order valence-corrected chi connectivity index (χ2v) is 3.50. The van der Waals surface area contributed by atoms with Gasteiger partial charge in [0.25, 0.3) is 0 Å². The average molecular weight is 268 g/mol. The van der Waals surface area contributed by atoms with Crippen molar-refractivity contribution < 1.29 is 9.90 Å². The van der Waals surface area contributed by atoms with Gasteiger partial charge in [-0.15, -0.1) is 24.8 Å². The van der Waals surface area contributed by atoms with E-state index in [9.17, 15) is 4.79 Å². The number of carboxylic acid groups (broad SMARTS) is 1. The Morgan fingerprint density at radius 2 is 2.06 bits per heavy atom. The molecule has 0 bridgehead atoms. The summed E-state index contributed by atoms with van der Waals surface area (Å²) in [7, 11) is 0. The van der Waals surface area contributed by atoms with Gasteiger partial charge in [-0.3, -0.25) is 4.68 Å². The zero-order valence-electron chi connectivity index (χ0n) is 8.63. The highest BCUT2D eigenvalue weighted by atomic mass is 35.5. The highest BCUT2D eigenvalue weighted by Gasteiger charge is 2.16. The van der Waals surface area contributed by atoms with Crippen molar-refractivity contribution in [2.45, 2.75) is 18.9 Å². The van der Waals surface area contributed by atoms with Crippen molar-refractivity contribution in [3.8, 4) is 0 Å². The molecule has 92 valence electrons. The van der Waals surface area contributed by atoms with Crippen molar-refractivity contribution in [1.29, 1.82) is 0 Å². The van der Waals surface area contributed by atoms with Crippen LogP contribution in [0.5, 0.6) is 0 Å². The van der Waals surface area contributed by atoms with Crippen LogP contribution in [0.4, 0.5) is 0 Å². The second-order valence-electron chi connectivity index (χ2n) is 3.50. The average Bonchev–Trinajstić information content (AvgIpc) is 2.68. The summed E-state index contributed by atoms with van der Waals surface area (Å²) in [6.07, 6.45) is 5.05. The Labute approximate surface area is 106 Å². The number of hydrogen-bond donors (Lipinski definition) is 2. The molecule has 1 aromatic rings. The Balaban J connectivity index is 0.00000112. The van der Waals surface area contributed by atoms with E-state index in [4.69, 9.17) is 5.11 Å². The van der Waals surface area contributed by atoms with Gasteiger partial charge in [-0.2, -0.15) is 5.10 Å². The number of aromatic nitrogens is 2. The number of aromatic carboxylic acids is 1. The van der Waals surface area contributed by atoms with Gasteiger partial charge in [-0.1, -0.05) is 0 Å². The molecule has 16 heavy (non-hydrogen) atoms. The van der Waals surface area contributed by atoms with E-state index in [2.05, 4.69) is 10.4 Å². The summed E-state index contributed by atoms with van der Waals surface area (Å²) < 4.78 is 1.77. The Bertz CT molecular complexity index is 337. The first-order valence-corrected chi connectivity index (χ1v) is 4.75. The monoisotopic (exact) mass is 267 g/mol. The number of carboxylic acids is 1. The van der Waals surface area contributed by atoms with E-state index in [1.165, 1.54) is 6.20 Å². The van der Waals surface area contributed by atoms with Gasteiger partial charge >= 0.3 is 5.97 Å². The molecule has 5 nitrogen and oxygen atoms in total. The van der Waals surface area contributed by atoms with Crippen LogP contribution in [0.3, 0.4) is 0 Å². The first kappa shape index (κ1) is 15.2. The molecule has 1 aliphatic heterocycles. The van der Waals surface area contributed by atoms with Crippen molar-refractivity contribution in [2.75, 3.05) is 13.1 Å². The molecular formula is C9H15Cl2N3O2. The fourth-order valence-corrected chi connectivity index (χ4v) is 1.72. The van der Waals surface area contributed by atoms with Crippen molar-refractivity contribution in [2.24, 2.45) is 0 Å². The van der Waals surface area contributed by atoms with Crippen LogP contribution in [-0.2, 0) is 0 Å². The predicted molar refractivity (Wildman–Crippen MR) is 64.8 cm³/mol. The van der Waals surface area contributed by atoms with Crippen molar-refractivity contribution in [1.82, 2.24) is 15.1 Å². The molecule has 0 atom stereocenters. The lowest BCUT2D eigenvalue weighted by Crippen LogP contribution is -2.29. The van der Waals surface area contributed by atoms with Crippen LogP contribution < -0.4 is 5.32 Å². The normalized spacial score (nSPS) is 16.0. The molecule has 1 aromatic heterocycles. The molecule has 1 fully saturated rings. The van der Waals surface area contributed by atoms with Crippen LogP contribution in [0.2, 0.25) is 0 Å². The number of hydrogen-bond acceptors (Lipinski definition) is 3. The molecule has 0 aromatic carbocycles. The van der Waals surface area contributed by atoms with Crippen molar-refractivity contribution in [3.63, 3.8) is 0 Å². The van der Waals surface area contributed by atoms with Crippen molar-refractivity contribution in [3.05, 3.63) is 18.0 Å². The van der Waals surface area contributed by atoms with Crippen LogP contribution in [0, 0.1) is 0 Å². The lowest BCUT2D eigenvalue weighted by atomic mass is 10.1. The molecular weight excluding hydrogens is 253 g/mol. The zero-order chi connectivity index (χ0) is 9.97. The molecule has 2 rings (SSSR count). The molecule has 0 amide bonds. The van der Waals surface area contributed by atoms with Crippen LogP contribution in [0.15, 0.2) is 12.4 Å². The second kappa shape index (κ2) is 6.73. The van der Waals surface area contributed by atoms with Gasteiger partial charge in [0.05, 0.1) is 17.8 Å². The number of nitrogens with zero attached hydrogens (tertiary/aromatic N) is 2. The minimum Gasteiger partial charge on any atom is -0.478 e. The Morgan fingerprint density at radius 1 is 1.44 bits per heavy atom. The number of rotatable bonds is 2. The Kier molecular flexibility index (Phi) is 6.40. The molecule has 7 heteroatoms.